The van der Waals surface area contributed by atoms with E-state index in [1.54, 1.807) is 6.07 Å². The highest BCUT2D eigenvalue weighted by molar-refractivity contribution is 5.98. The zero-order chi connectivity index (χ0) is 13.9. The molecule has 0 spiro atoms. The number of nitrogens with zero attached hydrogens (tertiary/aromatic N) is 3. The van der Waals surface area contributed by atoms with Crippen LogP contribution in [0.4, 0.5) is 0 Å². The van der Waals surface area contributed by atoms with Crippen molar-refractivity contribution in [2.24, 2.45) is 5.11 Å². The van der Waals surface area contributed by atoms with Crippen LogP contribution in [-0.4, -0.2) is 17.0 Å². The molecule has 0 aromatic heterocycles. The number of hydrogen-bond acceptors (Lipinski definition) is 2. The Morgan fingerprint density at radius 3 is 2.22 bits per heavy atom. The molecule has 0 bridgehead atoms. The normalized spacial score (nSPS) is 10.6. The molecule has 94 valence electrons. The minimum Gasteiger partial charge on any atom is -0.478 e. The maximum Gasteiger partial charge on any atom is 0.335 e. The number of rotatable bonds is 2. The van der Waals surface area contributed by atoms with E-state index in [1.165, 1.54) is 12.1 Å². The summed E-state index contributed by atoms with van der Waals surface area (Å²) in [5.74, 6) is -1.91. The minimum absolute atomic E-state index is 0.00100. The molecular weight excluding hydrogens is 234 g/mol. The molecule has 0 radical (unpaired) electrons. The molecule has 6 nitrogen and oxygen atoms in total. The Morgan fingerprint density at radius 1 is 1.22 bits per heavy atom. The Morgan fingerprint density at radius 2 is 1.78 bits per heavy atom. The zero-order valence-electron chi connectivity index (χ0n) is 10.3. The summed E-state index contributed by atoms with van der Waals surface area (Å²) in [6, 6.07) is 4.26. The molecule has 0 atom stereocenters. The molecule has 0 saturated heterocycles. The smallest absolute Gasteiger partial charge is 0.335 e. The fourth-order valence-corrected chi connectivity index (χ4v) is 1.41. The van der Waals surface area contributed by atoms with Crippen molar-refractivity contribution in [3.63, 3.8) is 0 Å². The Labute approximate surface area is 104 Å². The van der Waals surface area contributed by atoms with Gasteiger partial charge in [0.05, 0.1) is 5.56 Å². The third kappa shape index (κ3) is 3.09. The number of carbonyl (C=O) groups is 2. The maximum absolute atomic E-state index is 11.5. The maximum atomic E-state index is 11.5. The molecule has 0 aliphatic carbocycles. The van der Waals surface area contributed by atoms with Crippen LogP contribution in [-0.2, 0) is 5.41 Å². The van der Waals surface area contributed by atoms with Crippen molar-refractivity contribution in [2.45, 2.75) is 26.2 Å². The van der Waals surface area contributed by atoms with Gasteiger partial charge in [0.15, 0.2) is 0 Å². The van der Waals surface area contributed by atoms with Crippen LogP contribution < -0.4 is 0 Å². The van der Waals surface area contributed by atoms with E-state index in [2.05, 4.69) is 10.0 Å². The fraction of sp³-hybridized carbons (Fsp3) is 0.333. The van der Waals surface area contributed by atoms with Crippen LogP contribution in [0.3, 0.4) is 0 Å². The Bertz CT molecular complexity index is 552. The minimum atomic E-state index is -1.13. The molecule has 1 N–H and O–H groups in total. The van der Waals surface area contributed by atoms with Crippen LogP contribution in [0.1, 0.15) is 47.1 Å². The van der Waals surface area contributed by atoms with Gasteiger partial charge in [-0.05, 0) is 39.8 Å². The largest absolute Gasteiger partial charge is 0.478 e. The lowest BCUT2D eigenvalue weighted by molar-refractivity contribution is 0.0696. The summed E-state index contributed by atoms with van der Waals surface area (Å²) in [5, 5.41) is 12.0. The van der Waals surface area contributed by atoms with Crippen molar-refractivity contribution in [1.82, 2.24) is 0 Å². The first-order chi connectivity index (χ1) is 8.25. The summed E-state index contributed by atoms with van der Waals surface area (Å²) in [5.41, 5.74) is 8.69. The fourth-order valence-electron chi connectivity index (χ4n) is 1.41. The number of carbonyl (C=O) groups excluding carboxylic acids is 1. The first-order valence-electron chi connectivity index (χ1n) is 5.24. The first-order valence-corrected chi connectivity index (χ1v) is 5.24. The van der Waals surface area contributed by atoms with Gasteiger partial charge in [-0.1, -0.05) is 20.8 Å². The average Bonchev–Trinajstić information content (AvgIpc) is 2.27. The van der Waals surface area contributed by atoms with Crippen molar-refractivity contribution in [2.75, 3.05) is 0 Å². The molecule has 0 aliphatic heterocycles. The third-order valence-corrected chi connectivity index (χ3v) is 2.43. The number of azide groups is 1. The second-order valence-corrected chi connectivity index (χ2v) is 4.85. The second kappa shape index (κ2) is 4.89. The lowest BCUT2D eigenvalue weighted by Gasteiger charge is -2.20. The van der Waals surface area contributed by atoms with Crippen LogP contribution in [0, 0.1) is 0 Å². The van der Waals surface area contributed by atoms with E-state index in [-0.39, 0.29) is 16.5 Å². The second-order valence-electron chi connectivity index (χ2n) is 4.85. The number of amides is 1. The molecule has 0 unspecified atom stereocenters. The highest BCUT2D eigenvalue weighted by Crippen LogP contribution is 2.25. The standard InChI is InChI=1S/C12H13N3O3/c1-12(2,3)9-5-7(10(16)14-15-13)4-8(6-9)11(17)18/h4-6H,1-3H3,(H,17,18). The topological polar surface area (TPSA) is 103 Å². The Kier molecular flexibility index (Phi) is 3.73. The van der Waals surface area contributed by atoms with Gasteiger partial charge in [-0.3, -0.25) is 4.79 Å². The Hall–Kier alpha value is -2.33. The molecular formula is C12H13N3O3. The van der Waals surface area contributed by atoms with Gasteiger partial charge < -0.3 is 5.11 Å². The lowest BCUT2D eigenvalue weighted by atomic mass is 9.85. The van der Waals surface area contributed by atoms with E-state index >= 15 is 0 Å². The quantitative estimate of drug-likeness (QED) is 0.493. The molecule has 1 aromatic rings. The van der Waals surface area contributed by atoms with Gasteiger partial charge in [-0.2, -0.15) is 0 Å². The average molecular weight is 247 g/mol. The van der Waals surface area contributed by atoms with Crippen LogP contribution in [0.15, 0.2) is 23.3 Å². The van der Waals surface area contributed by atoms with Crippen molar-refractivity contribution < 1.29 is 14.7 Å². The predicted octanol–water partition coefficient (Wildman–Crippen LogP) is 3.13. The molecule has 0 aliphatic rings. The highest BCUT2D eigenvalue weighted by Gasteiger charge is 2.19. The molecule has 1 aromatic carbocycles. The highest BCUT2D eigenvalue weighted by atomic mass is 16.4. The molecule has 0 fully saturated rings. The van der Waals surface area contributed by atoms with Crippen LogP contribution in [0.25, 0.3) is 10.4 Å². The third-order valence-electron chi connectivity index (χ3n) is 2.43. The number of carboxylic acids is 1. The van der Waals surface area contributed by atoms with Crippen molar-refractivity contribution in [1.29, 1.82) is 0 Å². The van der Waals surface area contributed by atoms with Crippen LogP contribution in [0.2, 0.25) is 0 Å². The number of aromatic carboxylic acids is 1. The zero-order valence-corrected chi connectivity index (χ0v) is 10.3. The summed E-state index contributed by atoms with van der Waals surface area (Å²) >= 11 is 0. The Balaban J connectivity index is 3.45. The molecule has 6 heteroatoms. The molecule has 1 rings (SSSR count). The van der Waals surface area contributed by atoms with Crippen molar-refractivity contribution in [3.8, 4) is 0 Å². The van der Waals surface area contributed by atoms with Gasteiger partial charge in [-0.15, -0.1) is 0 Å². The van der Waals surface area contributed by atoms with E-state index < -0.39 is 11.9 Å². The van der Waals surface area contributed by atoms with E-state index in [1.807, 2.05) is 20.8 Å². The van der Waals surface area contributed by atoms with Gasteiger partial charge in [0.2, 0.25) is 5.91 Å². The van der Waals surface area contributed by atoms with Crippen LogP contribution in [0.5, 0.6) is 0 Å². The first kappa shape index (κ1) is 13.7. The summed E-state index contributed by atoms with van der Waals surface area (Å²) in [7, 11) is 0. The van der Waals surface area contributed by atoms with Gasteiger partial charge in [0, 0.05) is 10.5 Å². The van der Waals surface area contributed by atoms with E-state index in [0.717, 1.165) is 0 Å². The molecule has 18 heavy (non-hydrogen) atoms. The lowest BCUT2D eigenvalue weighted by Crippen LogP contribution is -2.14. The van der Waals surface area contributed by atoms with Gasteiger partial charge >= 0.3 is 5.97 Å². The number of carboxylic acid groups (broad SMARTS) is 1. The van der Waals surface area contributed by atoms with Crippen molar-refractivity contribution >= 4 is 11.9 Å². The SMILES string of the molecule is CC(C)(C)c1cc(C(=O)O)cc(C(=O)N=[N+]=[N-])c1. The van der Waals surface area contributed by atoms with Crippen molar-refractivity contribution in [3.05, 3.63) is 45.3 Å². The van der Waals surface area contributed by atoms with E-state index in [4.69, 9.17) is 10.6 Å². The van der Waals surface area contributed by atoms with Crippen LogP contribution >= 0.6 is 0 Å². The number of hydrogen-bond donors (Lipinski definition) is 1. The van der Waals surface area contributed by atoms with Gasteiger partial charge in [-0.25, -0.2) is 4.79 Å². The number of benzene rings is 1. The van der Waals surface area contributed by atoms with Gasteiger partial charge in [0.25, 0.3) is 0 Å². The monoisotopic (exact) mass is 247 g/mol. The van der Waals surface area contributed by atoms with E-state index in [9.17, 15) is 9.59 Å². The molecule has 0 saturated carbocycles. The summed E-state index contributed by atoms with van der Waals surface area (Å²) in [6.45, 7) is 5.70. The molecule has 1 amide bonds. The summed E-state index contributed by atoms with van der Waals surface area (Å²) in [4.78, 5) is 24.9. The summed E-state index contributed by atoms with van der Waals surface area (Å²) in [6.07, 6.45) is 0. The summed E-state index contributed by atoms with van der Waals surface area (Å²) < 4.78 is 0. The van der Waals surface area contributed by atoms with E-state index in [0.29, 0.717) is 5.56 Å². The van der Waals surface area contributed by atoms with Gasteiger partial charge in [0.1, 0.15) is 0 Å². The predicted molar refractivity (Wildman–Crippen MR) is 65.6 cm³/mol. The molecule has 0 heterocycles.